The SMILES string of the molecule is COc1ccc(NC(=O)COC(=O)c2cccn2C)cc1Cl. The van der Waals surface area contributed by atoms with Gasteiger partial charge in [0.25, 0.3) is 5.91 Å². The van der Waals surface area contributed by atoms with E-state index >= 15 is 0 Å². The van der Waals surface area contributed by atoms with E-state index in [-0.39, 0.29) is 6.61 Å². The molecule has 22 heavy (non-hydrogen) atoms. The van der Waals surface area contributed by atoms with Crippen LogP contribution < -0.4 is 10.1 Å². The highest BCUT2D eigenvalue weighted by Gasteiger charge is 2.13. The van der Waals surface area contributed by atoms with Crippen molar-refractivity contribution in [1.82, 2.24) is 4.57 Å². The van der Waals surface area contributed by atoms with Crippen LogP contribution >= 0.6 is 11.6 Å². The van der Waals surface area contributed by atoms with Crippen LogP contribution in [0.4, 0.5) is 5.69 Å². The lowest BCUT2D eigenvalue weighted by Gasteiger charge is -2.09. The number of rotatable bonds is 5. The van der Waals surface area contributed by atoms with E-state index in [4.69, 9.17) is 21.1 Å². The molecule has 0 aliphatic rings. The minimum absolute atomic E-state index is 0.375. The normalized spacial score (nSPS) is 10.1. The zero-order valence-corrected chi connectivity index (χ0v) is 12.9. The molecule has 0 saturated heterocycles. The number of hydrogen-bond donors (Lipinski definition) is 1. The van der Waals surface area contributed by atoms with Crippen molar-refractivity contribution >= 4 is 29.2 Å². The fourth-order valence-electron chi connectivity index (χ4n) is 1.82. The summed E-state index contributed by atoms with van der Waals surface area (Å²) in [6, 6.07) is 8.16. The Morgan fingerprint density at radius 3 is 2.68 bits per heavy atom. The third-order valence-corrected chi connectivity index (χ3v) is 3.22. The van der Waals surface area contributed by atoms with Crippen molar-refractivity contribution < 1.29 is 19.1 Å². The maximum atomic E-state index is 11.8. The largest absolute Gasteiger partial charge is 0.495 e. The van der Waals surface area contributed by atoms with E-state index in [1.807, 2.05) is 0 Å². The third-order valence-electron chi connectivity index (χ3n) is 2.92. The predicted octanol–water partition coefficient (Wildman–Crippen LogP) is 2.48. The summed E-state index contributed by atoms with van der Waals surface area (Å²) in [7, 11) is 3.22. The topological polar surface area (TPSA) is 69.6 Å². The number of benzene rings is 1. The van der Waals surface area contributed by atoms with Crippen LogP contribution in [0.25, 0.3) is 0 Å². The number of halogens is 1. The van der Waals surface area contributed by atoms with Gasteiger partial charge < -0.3 is 19.4 Å². The van der Waals surface area contributed by atoms with Crippen molar-refractivity contribution in [3.8, 4) is 5.75 Å². The average molecular weight is 323 g/mol. The number of anilines is 1. The fourth-order valence-corrected chi connectivity index (χ4v) is 2.08. The molecule has 1 aromatic carbocycles. The molecule has 1 N–H and O–H groups in total. The highest BCUT2D eigenvalue weighted by Crippen LogP contribution is 2.27. The zero-order chi connectivity index (χ0) is 16.1. The second-order valence-electron chi connectivity index (χ2n) is 4.48. The summed E-state index contributed by atoms with van der Waals surface area (Å²) in [6.45, 7) is -0.381. The quantitative estimate of drug-likeness (QED) is 0.859. The molecule has 0 radical (unpaired) electrons. The first-order valence-electron chi connectivity index (χ1n) is 6.43. The molecule has 0 bridgehead atoms. The van der Waals surface area contributed by atoms with Crippen molar-refractivity contribution in [1.29, 1.82) is 0 Å². The monoisotopic (exact) mass is 322 g/mol. The van der Waals surface area contributed by atoms with Gasteiger partial charge in [-0.05, 0) is 30.3 Å². The Morgan fingerprint density at radius 1 is 1.32 bits per heavy atom. The van der Waals surface area contributed by atoms with E-state index in [0.29, 0.717) is 22.2 Å². The van der Waals surface area contributed by atoms with Crippen LogP contribution in [-0.4, -0.2) is 30.2 Å². The molecule has 116 valence electrons. The number of aromatic nitrogens is 1. The van der Waals surface area contributed by atoms with Gasteiger partial charge in [0.1, 0.15) is 11.4 Å². The summed E-state index contributed by atoms with van der Waals surface area (Å²) in [4.78, 5) is 23.5. The van der Waals surface area contributed by atoms with Crippen molar-refractivity contribution in [2.45, 2.75) is 0 Å². The maximum absolute atomic E-state index is 11.8. The van der Waals surface area contributed by atoms with Gasteiger partial charge in [0.2, 0.25) is 0 Å². The van der Waals surface area contributed by atoms with Gasteiger partial charge in [-0.3, -0.25) is 4.79 Å². The van der Waals surface area contributed by atoms with E-state index in [1.54, 1.807) is 48.1 Å². The Bertz CT molecular complexity index is 697. The number of carbonyl (C=O) groups is 2. The zero-order valence-electron chi connectivity index (χ0n) is 12.1. The molecule has 0 unspecified atom stereocenters. The molecule has 0 spiro atoms. The first kappa shape index (κ1) is 15.9. The summed E-state index contributed by atoms with van der Waals surface area (Å²) in [5.41, 5.74) is 0.867. The minimum Gasteiger partial charge on any atom is -0.495 e. The number of ether oxygens (including phenoxy) is 2. The Kier molecular flexibility index (Phi) is 5.06. The fraction of sp³-hybridized carbons (Fsp3) is 0.200. The number of hydrogen-bond acceptors (Lipinski definition) is 4. The molecule has 1 amide bonds. The lowest BCUT2D eigenvalue weighted by atomic mass is 10.3. The van der Waals surface area contributed by atoms with Gasteiger partial charge in [-0.1, -0.05) is 11.6 Å². The average Bonchev–Trinajstić information content (AvgIpc) is 2.91. The number of nitrogens with one attached hydrogen (secondary N) is 1. The van der Waals surface area contributed by atoms with Gasteiger partial charge in [0.05, 0.1) is 12.1 Å². The van der Waals surface area contributed by atoms with E-state index in [0.717, 1.165) is 0 Å². The van der Waals surface area contributed by atoms with Crippen molar-refractivity contribution in [3.05, 3.63) is 47.2 Å². The number of aryl methyl sites for hydroxylation is 1. The summed E-state index contributed by atoms with van der Waals surface area (Å²) >= 11 is 5.96. The standard InChI is InChI=1S/C15H15ClN2O4/c1-18-7-3-4-12(18)15(20)22-9-14(19)17-10-5-6-13(21-2)11(16)8-10/h3-8H,9H2,1-2H3,(H,17,19). The Balaban J connectivity index is 1.89. The Labute approximate surface area is 132 Å². The molecular weight excluding hydrogens is 308 g/mol. The van der Waals surface area contributed by atoms with Crippen molar-refractivity contribution in [2.75, 3.05) is 19.0 Å². The number of amides is 1. The molecule has 0 fully saturated rings. The van der Waals surface area contributed by atoms with Crippen LogP contribution in [0.2, 0.25) is 5.02 Å². The molecule has 0 aliphatic heterocycles. The number of carbonyl (C=O) groups excluding carboxylic acids is 2. The van der Waals surface area contributed by atoms with E-state index in [1.165, 1.54) is 7.11 Å². The smallest absolute Gasteiger partial charge is 0.355 e. The lowest BCUT2D eigenvalue weighted by Crippen LogP contribution is -2.21. The van der Waals surface area contributed by atoms with Crippen molar-refractivity contribution in [3.63, 3.8) is 0 Å². The molecule has 0 aliphatic carbocycles. The predicted molar refractivity (Wildman–Crippen MR) is 82.3 cm³/mol. The maximum Gasteiger partial charge on any atom is 0.355 e. The van der Waals surface area contributed by atoms with E-state index < -0.39 is 11.9 Å². The summed E-state index contributed by atoms with van der Waals surface area (Å²) < 4.78 is 11.6. The van der Waals surface area contributed by atoms with E-state index in [2.05, 4.69) is 5.32 Å². The minimum atomic E-state index is -0.560. The van der Waals surface area contributed by atoms with Crippen LogP contribution in [0.1, 0.15) is 10.5 Å². The summed E-state index contributed by atoms with van der Waals surface area (Å²) in [5.74, 6) is -0.506. The van der Waals surface area contributed by atoms with Crippen LogP contribution in [0.3, 0.4) is 0 Å². The molecule has 0 saturated carbocycles. The molecule has 0 atom stereocenters. The van der Waals surface area contributed by atoms with Crippen LogP contribution in [0.15, 0.2) is 36.5 Å². The second kappa shape index (κ2) is 7.00. The highest BCUT2D eigenvalue weighted by atomic mass is 35.5. The van der Waals surface area contributed by atoms with Crippen LogP contribution in [0.5, 0.6) is 5.75 Å². The van der Waals surface area contributed by atoms with Gasteiger partial charge in [0, 0.05) is 18.9 Å². The van der Waals surface area contributed by atoms with Crippen LogP contribution in [-0.2, 0) is 16.6 Å². The van der Waals surface area contributed by atoms with Gasteiger partial charge in [-0.15, -0.1) is 0 Å². The van der Waals surface area contributed by atoms with Gasteiger partial charge in [-0.25, -0.2) is 4.79 Å². The van der Waals surface area contributed by atoms with Gasteiger partial charge in [-0.2, -0.15) is 0 Å². The van der Waals surface area contributed by atoms with Gasteiger partial charge in [0.15, 0.2) is 6.61 Å². The molecule has 7 heteroatoms. The first-order valence-corrected chi connectivity index (χ1v) is 6.81. The molecule has 1 aromatic heterocycles. The molecule has 6 nitrogen and oxygen atoms in total. The molecule has 1 heterocycles. The van der Waals surface area contributed by atoms with E-state index in [9.17, 15) is 9.59 Å². The summed E-state index contributed by atoms with van der Waals surface area (Å²) in [5, 5.41) is 2.96. The summed E-state index contributed by atoms with van der Waals surface area (Å²) in [6.07, 6.45) is 1.72. The Morgan fingerprint density at radius 2 is 2.09 bits per heavy atom. The number of nitrogens with zero attached hydrogens (tertiary/aromatic N) is 1. The highest BCUT2D eigenvalue weighted by molar-refractivity contribution is 6.32. The number of esters is 1. The third kappa shape index (κ3) is 3.79. The molecule has 2 rings (SSSR count). The second-order valence-corrected chi connectivity index (χ2v) is 4.89. The number of methoxy groups -OCH3 is 1. The molecular formula is C15H15ClN2O4. The Hall–Kier alpha value is -2.47. The first-order chi connectivity index (χ1) is 10.5. The lowest BCUT2D eigenvalue weighted by molar-refractivity contribution is -0.119. The van der Waals surface area contributed by atoms with Crippen molar-refractivity contribution in [2.24, 2.45) is 7.05 Å². The molecule has 2 aromatic rings. The van der Waals surface area contributed by atoms with Gasteiger partial charge >= 0.3 is 5.97 Å². The van der Waals surface area contributed by atoms with Crippen LogP contribution in [0, 0.1) is 0 Å².